The largest absolute Gasteiger partial charge is 0.474 e. The molecule has 5 nitrogen and oxygen atoms in total. The summed E-state index contributed by atoms with van der Waals surface area (Å²) >= 11 is 0. The Kier molecular flexibility index (Phi) is 7.97. The second-order valence-corrected chi connectivity index (χ2v) is 7.17. The molecular formula is C19H30ClN3O2. The molecule has 1 saturated carbocycles. The number of carbonyl (C=O) groups excluding carboxylic acids is 1. The SMILES string of the molecule is C[C@H]1C[C@@H](C(=O)NCc2ccnc(OC3CCCCC3)c2)CCN1.Cl. The van der Waals surface area contributed by atoms with Gasteiger partial charge in [-0.25, -0.2) is 4.98 Å². The van der Waals surface area contributed by atoms with Crippen LogP contribution in [0.2, 0.25) is 0 Å². The quantitative estimate of drug-likeness (QED) is 0.838. The average Bonchev–Trinajstić information content (AvgIpc) is 2.61. The van der Waals surface area contributed by atoms with E-state index in [0.29, 0.717) is 24.6 Å². The fraction of sp³-hybridized carbons (Fsp3) is 0.684. The van der Waals surface area contributed by atoms with E-state index in [1.165, 1.54) is 19.3 Å². The van der Waals surface area contributed by atoms with Gasteiger partial charge in [-0.3, -0.25) is 4.79 Å². The van der Waals surface area contributed by atoms with Gasteiger partial charge in [0.1, 0.15) is 6.10 Å². The van der Waals surface area contributed by atoms with Crippen molar-refractivity contribution >= 4 is 18.3 Å². The fourth-order valence-electron chi connectivity index (χ4n) is 3.68. The standard InChI is InChI=1S/C19H29N3O2.ClH/c1-14-11-16(8-10-20-14)19(23)22-13-15-7-9-21-18(12-15)24-17-5-3-2-4-6-17;/h7,9,12,14,16-17,20H,2-6,8,10-11,13H2,1H3,(H,22,23);1H/t14-,16-;/m0./s1. The number of halogens is 1. The summed E-state index contributed by atoms with van der Waals surface area (Å²) in [7, 11) is 0. The van der Waals surface area contributed by atoms with Crippen molar-refractivity contribution in [1.29, 1.82) is 0 Å². The van der Waals surface area contributed by atoms with Crippen LogP contribution in [0.25, 0.3) is 0 Å². The van der Waals surface area contributed by atoms with Crippen molar-refractivity contribution in [2.24, 2.45) is 5.92 Å². The number of nitrogens with one attached hydrogen (secondary N) is 2. The highest BCUT2D eigenvalue weighted by atomic mass is 35.5. The number of rotatable bonds is 5. The van der Waals surface area contributed by atoms with Gasteiger partial charge in [-0.15, -0.1) is 12.4 Å². The van der Waals surface area contributed by atoms with Crippen molar-refractivity contribution in [2.75, 3.05) is 6.54 Å². The lowest BCUT2D eigenvalue weighted by atomic mass is 9.92. The number of piperidine rings is 1. The first kappa shape index (κ1) is 20.0. The molecule has 2 atom stereocenters. The predicted octanol–water partition coefficient (Wildman–Crippen LogP) is 3.22. The molecular weight excluding hydrogens is 338 g/mol. The fourth-order valence-corrected chi connectivity index (χ4v) is 3.68. The van der Waals surface area contributed by atoms with Gasteiger partial charge in [0.05, 0.1) is 0 Å². The van der Waals surface area contributed by atoms with E-state index in [4.69, 9.17) is 4.74 Å². The molecule has 25 heavy (non-hydrogen) atoms. The molecule has 0 unspecified atom stereocenters. The van der Waals surface area contributed by atoms with Crippen LogP contribution < -0.4 is 15.4 Å². The van der Waals surface area contributed by atoms with Gasteiger partial charge in [-0.2, -0.15) is 0 Å². The highest BCUT2D eigenvalue weighted by Gasteiger charge is 2.24. The van der Waals surface area contributed by atoms with E-state index in [1.807, 2.05) is 12.1 Å². The van der Waals surface area contributed by atoms with E-state index in [1.54, 1.807) is 6.20 Å². The van der Waals surface area contributed by atoms with E-state index in [0.717, 1.165) is 37.8 Å². The number of carbonyl (C=O) groups is 1. The first-order valence-corrected chi connectivity index (χ1v) is 9.33. The van der Waals surface area contributed by atoms with Gasteiger partial charge in [0, 0.05) is 30.8 Å². The zero-order valence-corrected chi connectivity index (χ0v) is 15.8. The maximum Gasteiger partial charge on any atom is 0.223 e. The number of ether oxygens (including phenoxy) is 1. The number of hydrogen-bond donors (Lipinski definition) is 2. The molecule has 2 N–H and O–H groups in total. The van der Waals surface area contributed by atoms with Gasteiger partial charge in [0.15, 0.2) is 0 Å². The minimum atomic E-state index is 0. The second-order valence-electron chi connectivity index (χ2n) is 7.17. The lowest BCUT2D eigenvalue weighted by Gasteiger charge is -2.27. The monoisotopic (exact) mass is 367 g/mol. The third-order valence-corrected chi connectivity index (χ3v) is 5.10. The van der Waals surface area contributed by atoms with Crippen LogP contribution in [-0.2, 0) is 11.3 Å². The van der Waals surface area contributed by atoms with Gasteiger partial charge in [0.2, 0.25) is 11.8 Å². The molecule has 2 aliphatic rings. The van der Waals surface area contributed by atoms with Crippen molar-refractivity contribution in [1.82, 2.24) is 15.6 Å². The molecule has 0 radical (unpaired) electrons. The van der Waals surface area contributed by atoms with Crippen LogP contribution in [0.3, 0.4) is 0 Å². The Labute approximate surface area is 156 Å². The number of nitrogens with zero attached hydrogens (tertiary/aromatic N) is 1. The van der Waals surface area contributed by atoms with Gasteiger partial charge >= 0.3 is 0 Å². The molecule has 1 saturated heterocycles. The van der Waals surface area contributed by atoms with Gasteiger partial charge in [0.25, 0.3) is 0 Å². The minimum Gasteiger partial charge on any atom is -0.474 e. The molecule has 0 spiro atoms. The van der Waals surface area contributed by atoms with Crippen LogP contribution in [0, 0.1) is 5.92 Å². The zero-order chi connectivity index (χ0) is 16.8. The number of amides is 1. The van der Waals surface area contributed by atoms with Crippen LogP contribution in [0.4, 0.5) is 0 Å². The summed E-state index contributed by atoms with van der Waals surface area (Å²) in [5, 5.41) is 6.45. The molecule has 6 heteroatoms. The number of pyridine rings is 1. The molecule has 1 aromatic rings. The van der Waals surface area contributed by atoms with Crippen LogP contribution in [0.15, 0.2) is 18.3 Å². The first-order valence-electron chi connectivity index (χ1n) is 9.33. The molecule has 3 rings (SSSR count). The average molecular weight is 368 g/mol. The first-order chi connectivity index (χ1) is 11.7. The Morgan fingerprint density at radius 1 is 1.32 bits per heavy atom. The summed E-state index contributed by atoms with van der Waals surface area (Å²) < 4.78 is 6.00. The van der Waals surface area contributed by atoms with Crippen LogP contribution in [-0.4, -0.2) is 29.6 Å². The Morgan fingerprint density at radius 2 is 2.12 bits per heavy atom. The normalized spacial score (nSPS) is 24.2. The molecule has 2 fully saturated rings. The summed E-state index contributed by atoms with van der Waals surface area (Å²) in [6, 6.07) is 4.32. The summed E-state index contributed by atoms with van der Waals surface area (Å²) in [6.07, 6.45) is 9.95. The van der Waals surface area contributed by atoms with E-state index in [9.17, 15) is 4.79 Å². The predicted molar refractivity (Wildman–Crippen MR) is 101 cm³/mol. The molecule has 1 aromatic heterocycles. The van der Waals surface area contributed by atoms with Gasteiger partial charge < -0.3 is 15.4 Å². The number of hydrogen-bond acceptors (Lipinski definition) is 4. The van der Waals surface area contributed by atoms with Crippen LogP contribution in [0.1, 0.15) is 57.4 Å². The van der Waals surface area contributed by atoms with Crippen molar-refractivity contribution in [3.05, 3.63) is 23.9 Å². The molecule has 0 bridgehead atoms. The molecule has 1 aliphatic carbocycles. The van der Waals surface area contributed by atoms with Gasteiger partial charge in [-0.05, 0) is 63.6 Å². The second kappa shape index (κ2) is 9.97. The van der Waals surface area contributed by atoms with Crippen molar-refractivity contribution < 1.29 is 9.53 Å². The molecule has 1 aliphatic heterocycles. The summed E-state index contributed by atoms with van der Waals surface area (Å²) in [5.41, 5.74) is 1.05. The third-order valence-electron chi connectivity index (χ3n) is 5.10. The highest BCUT2D eigenvalue weighted by Crippen LogP contribution is 2.22. The zero-order valence-electron chi connectivity index (χ0n) is 15.0. The number of aromatic nitrogens is 1. The van der Waals surface area contributed by atoms with Crippen LogP contribution in [0.5, 0.6) is 5.88 Å². The molecule has 2 heterocycles. The smallest absolute Gasteiger partial charge is 0.223 e. The van der Waals surface area contributed by atoms with Crippen molar-refractivity contribution in [2.45, 2.75) is 70.6 Å². The molecule has 140 valence electrons. The minimum absolute atomic E-state index is 0. The molecule has 1 amide bonds. The van der Waals surface area contributed by atoms with E-state index >= 15 is 0 Å². The third kappa shape index (κ3) is 6.15. The lowest BCUT2D eigenvalue weighted by Crippen LogP contribution is -2.42. The maximum absolute atomic E-state index is 12.3. The Morgan fingerprint density at radius 3 is 2.88 bits per heavy atom. The van der Waals surface area contributed by atoms with Crippen LogP contribution >= 0.6 is 12.4 Å². The van der Waals surface area contributed by atoms with E-state index in [-0.39, 0.29) is 24.2 Å². The van der Waals surface area contributed by atoms with E-state index < -0.39 is 0 Å². The summed E-state index contributed by atoms with van der Waals surface area (Å²) in [5.74, 6) is 0.972. The lowest BCUT2D eigenvalue weighted by molar-refractivity contribution is -0.126. The summed E-state index contributed by atoms with van der Waals surface area (Å²) in [4.78, 5) is 16.7. The van der Waals surface area contributed by atoms with Gasteiger partial charge in [-0.1, -0.05) is 6.42 Å². The maximum atomic E-state index is 12.3. The highest BCUT2D eigenvalue weighted by molar-refractivity contribution is 5.85. The molecule has 0 aromatic carbocycles. The van der Waals surface area contributed by atoms with Crippen molar-refractivity contribution in [3.63, 3.8) is 0 Å². The van der Waals surface area contributed by atoms with E-state index in [2.05, 4.69) is 22.5 Å². The topological polar surface area (TPSA) is 63.2 Å². The Hall–Kier alpha value is -1.33. The summed E-state index contributed by atoms with van der Waals surface area (Å²) in [6.45, 7) is 3.60. The Balaban J connectivity index is 0.00000225. The Bertz CT molecular complexity index is 549. The van der Waals surface area contributed by atoms with Crippen molar-refractivity contribution in [3.8, 4) is 5.88 Å².